The van der Waals surface area contributed by atoms with Gasteiger partial charge in [-0.25, -0.2) is 4.90 Å². The van der Waals surface area contributed by atoms with Gasteiger partial charge in [0.15, 0.2) is 0 Å². The summed E-state index contributed by atoms with van der Waals surface area (Å²) in [5.41, 5.74) is 7.91. The lowest BCUT2D eigenvalue weighted by atomic mass is 10.1. The fourth-order valence-electron chi connectivity index (χ4n) is 2.03. The van der Waals surface area contributed by atoms with Crippen molar-refractivity contribution in [2.45, 2.75) is 32.6 Å². The van der Waals surface area contributed by atoms with Crippen LogP contribution < -0.4 is 10.6 Å². The number of hydrogen-bond acceptors (Lipinski definition) is 3. The zero-order valence-corrected chi connectivity index (χ0v) is 11.8. The molecular formula is C13H15BrN2O2. The number of aryl methyl sites for hydroxylation is 1. The van der Waals surface area contributed by atoms with Crippen LogP contribution in [0.5, 0.6) is 0 Å². The van der Waals surface area contributed by atoms with Crippen LogP contribution in [-0.2, 0) is 9.59 Å². The number of carbonyl (C=O) groups is 2. The first-order valence-electron chi connectivity index (χ1n) is 5.92. The van der Waals surface area contributed by atoms with Gasteiger partial charge in [0, 0.05) is 23.0 Å². The molecule has 0 saturated carbocycles. The molecule has 0 unspecified atom stereocenters. The Hall–Kier alpha value is -1.36. The van der Waals surface area contributed by atoms with E-state index < -0.39 is 0 Å². The molecule has 0 aromatic heterocycles. The van der Waals surface area contributed by atoms with Gasteiger partial charge in [0.25, 0.3) is 0 Å². The Labute approximate surface area is 114 Å². The topological polar surface area (TPSA) is 63.4 Å². The molecule has 0 bridgehead atoms. The Morgan fingerprint density at radius 1 is 1.17 bits per heavy atom. The average Bonchev–Trinajstić information content (AvgIpc) is 2.46. The van der Waals surface area contributed by atoms with Gasteiger partial charge in [-0.1, -0.05) is 0 Å². The summed E-state index contributed by atoms with van der Waals surface area (Å²) in [4.78, 5) is 25.3. The lowest BCUT2D eigenvalue weighted by molar-refractivity contribution is -0.125. The smallest absolute Gasteiger partial charge is 0.233 e. The summed E-state index contributed by atoms with van der Waals surface area (Å²) in [5.74, 6) is -0.303. The molecule has 5 heteroatoms. The average molecular weight is 311 g/mol. The highest BCUT2D eigenvalue weighted by Gasteiger charge is 2.27. The number of rotatable bonds is 1. The summed E-state index contributed by atoms with van der Waals surface area (Å²) in [6, 6.07) is 3.51. The Kier molecular flexibility index (Phi) is 3.71. The summed E-state index contributed by atoms with van der Waals surface area (Å²) in [6.45, 7) is 1.88. The van der Waals surface area contributed by atoms with E-state index >= 15 is 0 Å². The van der Waals surface area contributed by atoms with Gasteiger partial charge in [0.1, 0.15) is 0 Å². The third-order valence-corrected chi connectivity index (χ3v) is 3.74. The van der Waals surface area contributed by atoms with Crippen LogP contribution in [0.2, 0.25) is 0 Å². The molecule has 1 aliphatic heterocycles. The molecule has 1 fully saturated rings. The Bertz CT molecular complexity index is 496. The molecule has 0 radical (unpaired) electrons. The van der Waals surface area contributed by atoms with Crippen LogP contribution >= 0.6 is 15.9 Å². The maximum absolute atomic E-state index is 12.0. The van der Waals surface area contributed by atoms with Crippen LogP contribution in [0.15, 0.2) is 16.6 Å². The van der Waals surface area contributed by atoms with Crippen molar-refractivity contribution in [1.82, 2.24) is 0 Å². The minimum atomic E-state index is -0.151. The second-order valence-corrected chi connectivity index (χ2v) is 5.34. The number of carbonyl (C=O) groups excluding carboxylic acids is 2. The number of hydrogen-bond donors (Lipinski definition) is 1. The molecule has 1 aromatic rings. The first-order chi connectivity index (χ1) is 8.50. The van der Waals surface area contributed by atoms with Gasteiger partial charge in [-0.2, -0.15) is 0 Å². The molecule has 2 amide bonds. The van der Waals surface area contributed by atoms with Gasteiger partial charge < -0.3 is 5.73 Å². The fourth-order valence-corrected chi connectivity index (χ4v) is 2.67. The predicted molar refractivity (Wildman–Crippen MR) is 74.3 cm³/mol. The van der Waals surface area contributed by atoms with Crippen LogP contribution in [0.3, 0.4) is 0 Å². The van der Waals surface area contributed by atoms with E-state index in [4.69, 9.17) is 5.73 Å². The van der Waals surface area contributed by atoms with Crippen molar-refractivity contribution >= 4 is 39.1 Å². The van der Waals surface area contributed by atoms with E-state index in [9.17, 15) is 9.59 Å². The minimum Gasteiger partial charge on any atom is -0.398 e. The highest BCUT2D eigenvalue weighted by molar-refractivity contribution is 9.10. The van der Waals surface area contributed by atoms with E-state index in [1.54, 1.807) is 6.07 Å². The van der Waals surface area contributed by atoms with Crippen molar-refractivity contribution in [3.05, 3.63) is 22.2 Å². The van der Waals surface area contributed by atoms with Crippen molar-refractivity contribution in [2.75, 3.05) is 10.6 Å². The number of nitrogens with two attached hydrogens (primary N) is 1. The van der Waals surface area contributed by atoms with E-state index in [1.165, 1.54) is 4.90 Å². The molecule has 1 heterocycles. The largest absolute Gasteiger partial charge is 0.398 e. The number of amides is 2. The summed E-state index contributed by atoms with van der Waals surface area (Å²) in [5, 5.41) is 0. The fraction of sp³-hybridized carbons (Fsp3) is 0.385. The first kappa shape index (κ1) is 13.1. The summed E-state index contributed by atoms with van der Waals surface area (Å²) >= 11 is 3.40. The Balaban J connectivity index is 2.48. The van der Waals surface area contributed by atoms with Crippen molar-refractivity contribution in [3.8, 4) is 0 Å². The van der Waals surface area contributed by atoms with E-state index in [2.05, 4.69) is 15.9 Å². The SMILES string of the molecule is Cc1cc(Br)c(N2C(=O)CCCCC2=O)cc1N. The number of benzene rings is 1. The van der Waals surface area contributed by atoms with Crippen molar-refractivity contribution < 1.29 is 9.59 Å². The molecule has 1 saturated heterocycles. The lowest BCUT2D eigenvalue weighted by Gasteiger charge is -2.21. The van der Waals surface area contributed by atoms with Gasteiger partial charge in [-0.15, -0.1) is 0 Å². The van der Waals surface area contributed by atoms with Crippen LogP contribution in [0.1, 0.15) is 31.2 Å². The third-order valence-electron chi connectivity index (χ3n) is 3.11. The predicted octanol–water partition coefficient (Wildman–Crippen LogP) is 2.77. The molecule has 18 heavy (non-hydrogen) atoms. The van der Waals surface area contributed by atoms with Crippen molar-refractivity contribution in [3.63, 3.8) is 0 Å². The highest BCUT2D eigenvalue weighted by atomic mass is 79.9. The summed E-state index contributed by atoms with van der Waals surface area (Å²) in [6.07, 6.45) is 2.35. The van der Waals surface area contributed by atoms with E-state index in [-0.39, 0.29) is 11.8 Å². The van der Waals surface area contributed by atoms with E-state index in [1.807, 2.05) is 13.0 Å². The number of anilines is 2. The third kappa shape index (κ3) is 2.41. The summed E-state index contributed by atoms with van der Waals surface area (Å²) in [7, 11) is 0. The Morgan fingerprint density at radius 3 is 2.28 bits per heavy atom. The van der Waals surface area contributed by atoms with Gasteiger partial charge in [-0.05, 0) is 53.4 Å². The second kappa shape index (κ2) is 5.10. The zero-order chi connectivity index (χ0) is 13.3. The van der Waals surface area contributed by atoms with E-state index in [0.717, 1.165) is 22.9 Å². The molecular weight excluding hydrogens is 296 g/mol. The molecule has 1 aromatic carbocycles. The number of nitrogen functional groups attached to an aromatic ring is 1. The van der Waals surface area contributed by atoms with Crippen LogP contribution in [0.4, 0.5) is 11.4 Å². The normalized spacial score (nSPS) is 16.9. The minimum absolute atomic E-state index is 0.151. The molecule has 0 aliphatic carbocycles. The molecule has 4 nitrogen and oxygen atoms in total. The van der Waals surface area contributed by atoms with Gasteiger partial charge in [0.2, 0.25) is 11.8 Å². The number of nitrogens with zero attached hydrogens (tertiary/aromatic N) is 1. The van der Waals surface area contributed by atoms with Crippen molar-refractivity contribution in [1.29, 1.82) is 0 Å². The van der Waals surface area contributed by atoms with Crippen LogP contribution in [0.25, 0.3) is 0 Å². The Morgan fingerprint density at radius 2 is 1.72 bits per heavy atom. The maximum Gasteiger partial charge on any atom is 0.233 e. The maximum atomic E-state index is 12.0. The van der Waals surface area contributed by atoms with E-state index in [0.29, 0.717) is 24.2 Å². The summed E-state index contributed by atoms with van der Waals surface area (Å²) < 4.78 is 0.720. The molecule has 0 spiro atoms. The molecule has 1 aliphatic rings. The molecule has 2 rings (SSSR count). The first-order valence-corrected chi connectivity index (χ1v) is 6.71. The molecule has 96 valence electrons. The van der Waals surface area contributed by atoms with Crippen molar-refractivity contribution in [2.24, 2.45) is 0 Å². The number of halogens is 1. The van der Waals surface area contributed by atoms with Crippen LogP contribution in [-0.4, -0.2) is 11.8 Å². The highest BCUT2D eigenvalue weighted by Crippen LogP contribution is 2.33. The van der Waals surface area contributed by atoms with Gasteiger partial charge in [0.05, 0.1) is 5.69 Å². The second-order valence-electron chi connectivity index (χ2n) is 4.49. The lowest BCUT2D eigenvalue weighted by Crippen LogP contribution is -2.35. The van der Waals surface area contributed by atoms with Gasteiger partial charge >= 0.3 is 0 Å². The van der Waals surface area contributed by atoms with Crippen LogP contribution in [0, 0.1) is 6.92 Å². The zero-order valence-electron chi connectivity index (χ0n) is 10.2. The monoisotopic (exact) mass is 310 g/mol. The quantitative estimate of drug-likeness (QED) is 0.641. The number of imide groups is 1. The van der Waals surface area contributed by atoms with Gasteiger partial charge in [-0.3, -0.25) is 9.59 Å². The molecule has 2 N–H and O–H groups in total. The molecule has 0 atom stereocenters. The standard InChI is InChI=1S/C13H15BrN2O2/c1-8-6-9(14)11(7-10(8)15)16-12(17)4-2-3-5-13(16)18/h6-7H,2-5,15H2,1H3.